The summed E-state index contributed by atoms with van der Waals surface area (Å²) < 4.78 is 5.16. The fourth-order valence-electron chi connectivity index (χ4n) is 2.37. The van der Waals surface area contributed by atoms with Crippen molar-refractivity contribution in [1.82, 2.24) is 0 Å². The third-order valence-electron chi connectivity index (χ3n) is 3.34. The van der Waals surface area contributed by atoms with Gasteiger partial charge in [0.05, 0.1) is 12.6 Å². The molecule has 0 heterocycles. The van der Waals surface area contributed by atoms with Gasteiger partial charge in [-0.05, 0) is 42.4 Å². The van der Waals surface area contributed by atoms with E-state index in [1.54, 1.807) is 0 Å². The number of hydrogen-bond acceptors (Lipinski definition) is 3. The second-order valence-corrected chi connectivity index (χ2v) is 4.82. The Morgan fingerprint density at radius 1 is 1.28 bits per heavy atom. The van der Waals surface area contributed by atoms with Crippen LogP contribution in [0.4, 0.5) is 0 Å². The molecule has 1 aliphatic carbocycles. The van der Waals surface area contributed by atoms with Crippen molar-refractivity contribution in [2.24, 2.45) is 11.5 Å². The average Bonchev–Trinajstić information content (AvgIpc) is 2.37. The molecule has 0 bridgehead atoms. The van der Waals surface area contributed by atoms with E-state index in [1.807, 2.05) is 0 Å². The number of rotatable bonds is 5. The highest BCUT2D eigenvalue weighted by Gasteiger charge is 2.13. The van der Waals surface area contributed by atoms with Gasteiger partial charge in [0.25, 0.3) is 0 Å². The number of nitrogens with two attached hydrogens (primary N) is 2. The van der Waals surface area contributed by atoms with Crippen LogP contribution in [0.2, 0.25) is 0 Å². The van der Waals surface area contributed by atoms with Crippen LogP contribution < -0.4 is 11.5 Å². The van der Waals surface area contributed by atoms with Crippen LogP contribution in [0.15, 0.2) is 18.2 Å². The maximum absolute atomic E-state index is 10.6. The molecule has 1 amide bonds. The molecule has 0 radical (unpaired) electrons. The molecule has 98 valence electrons. The number of ether oxygens (including phenoxy) is 1. The first kappa shape index (κ1) is 13.1. The van der Waals surface area contributed by atoms with Crippen molar-refractivity contribution in [3.8, 4) is 0 Å². The molecule has 0 fully saturated rings. The van der Waals surface area contributed by atoms with Crippen molar-refractivity contribution in [3.63, 3.8) is 0 Å². The summed E-state index contributed by atoms with van der Waals surface area (Å²) in [6.07, 6.45) is 4.84. The molecule has 1 aliphatic rings. The number of aryl methyl sites for hydroxylation is 2. The van der Waals surface area contributed by atoms with Crippen molar-refractivity contribution in [3.05, 3.63) is 34.9 Å². The number of hydrogen-bond donors (Lipinski definition) is 2. The highest BCUT2D eigenvalue weighted by molar-refractivity contribution is 5.74. The third kappa shape index (κ3) is 3.31. The average molecular weight is 248 g/mol. The predicted molar refractivity (Wildman–Crippen MR) is 70.0 cm³/mol. The molecule has 2 rings (SSSR count). The fourth-order valence-corrected chi connectivity index (χ4v) is 2.37. The first-order chi connectivity index (χ1) is 8.66. The van der Waals surface area contributed by atoms with Crippen LogP contribution in [-0.2, 0) is 22.4 Å². The summed E-state index contributed by atoms with van der Waals surface area (Å²) in [7, 11) is 0. The minimum absolute atomic E-state index is 0.0708. The number of carbonyl (C=O) groups excluding carboxylic acids is 1. The van der Waals surface area contributed by atoms with Crippen LogP contribution in [0.3, 0.4) is 0 Å². The minimum atomic E-state index is -0.465. The lowest BCUT2D eigenvalue weighted by atomic mass is 9.89. The van der Waals surface area contributed by atoms with Crippen molar-refractivity contribution in [2.45, 2.75) is 31.7 Å². The Hall–Kier alpha value is -1.39. The summed E-state index contributed by atoms with van der Waals surface area (Å²) >= 11 is 0. The third-order valence-corrected chi connectivity index (χ3v) is 3.34. The number of primary amides is 1. The molecule has 1 aromatic carbocycles. The number of carbonyl (C=O) groups is 1. The smallest absolute Gasteiger partial charge is 0.243 e. The van der Waals surface area contributed by atoms with E-state index in [9.17, 15) is 4.79 Å². The summed E-state index contributed by atoms with van der Waals surface area (Å²) in [6, 6.07) is 6.20. The van der Waals surface area contributed by atoms with Gasteiger partial charge < -0.3 is 16.2 Å². The van der Waals surface area contributed by atoms with E-state index >= 15 is 0 Å². The van der Waals surface area contributed by atoms with Crippen LogP contribution in [0.25, 0.3) is 0 Å². The first-order valence-electron chi connectivity index (χ1n) is 6.40. The standard InChI is InChI=1S/C14H20N2O2/c15-13(8-18-9-14(16)17)12-6-5-10-3-1-2-4-11(10)7-12/h5-7,13H,1-4,8-9,15H2,(H2,16,17). The van der Waals surface area contributed by atoms with E-state index in [0.29, 0.717) is 6.61 Å². The van der Waals surface area contributed by atoms with Gasteiger partial charge in [-0.25, -0.2) is 0 Å². The fraction of sp³-hybridized carbons (Fsp3) is 0.500. The van der Waals surface area contributed by atoms with E-state index in [4.69, 9.17) is 16.2 Å². The normalized spacial score (nSPS) is 16.1. The van der Waals surface area contributed by atoms with Crippen LogP contribution in [-0.4, -0.2) is 19.1 Å². The zero-order chi connectivity index (χ0) is 13.0. The molecule has 4 N–H and O–H groups in total. The largest absolute Gasteiger partial charge is 0.370 e. The monoisotopic (exact) mass is 248 g/mol. The lowest BCUT2D eigenvalue weighted by Crippen LogP contribution is -2.23. The van der Waals surface area contributed by atoms with Crippen molar-refractivity contribution < 1.29 is 9.53 Å². The molecule has 18 heavy (non-hydrogen) atoms. The molecule has 1 aromatic rings. The van der Waals surface area contributed by atoms with E-state index in [2.05, 4.69) is 18.2 Å². The van der Waals surface area contributed by atoms with Crippen LogP contribution >= 0.6 is 0 Å². The molecule has 4 heteroatoms. The predicted octanol–water partition coefficient (Wildman–Crippen LogP) is 1.07. The summed E-state index contributed by atoms with van der Waals surface area (Å²) in [5, 5.41) is 0. The lowest BCUT2D eigenvalue weighted by Gasteiger charge is -2.19. The SMILES string of the molecule is NC(=O)COCC(N)c1ccc2c(c1)CCCC2. The van der Waals surface area contributed by atoms with Crippen LogP contribution in [0.5, 0.6) is 0 Å². The van der Waals surface area contributed by atoms with E-state index < -0.39 is 5.91 Å². The highest BCUT2D eigenvalue weighted by Crippen LogP contribution is 2.24. The lowest BCUT2D eigenvalue weighted by molar-refractivity contribution is -0.122. The molecule has 0 spiro atoms. The van der Waals surface area contributed by atoms with Gasteiger partial charge in [-0.3, -0.25) is 4.79 Å². The molecule has 0 aliphatic heterocycles. The van der Waals surface area contributed by atoms with E-state index in [0.717, 1.165) is 12.0 Å². The number of amides is 1. The van der Waals surface area contributed by atoms with Gasteiger partial charge in [-0.1, -0.05) is 18.2 Å². The van der Waals surface area contributed by atoms with Gasteiger partial charge in [0.15, 0.2) is 0 Å². The summed E-state index contributed by atoms with van der Waals surface area (Å²) in [5.41, 5.74) is 15.0. The Labute approximate surface area is 107 Å². The quantitative estimate of drug-likeness (QED) is 0.818. The molecule has 4 nitrogen and oxygen atoms in total. The van der Waals surface area contributed by atoms with Crippen molar-refractivity contribution in [1.29, 1.82) is 0 Å². The Bertz CT molecular complexity index is 432. The minimum Gasteiger partial charge on any atom is -0.370 e. The summed E-state index contributed by atoms with van der Waals surface area (Å²) in [6.45, 7) is 0.250. The molecule has 0 aromatic heterocycles. The van der Waals surface area contributed by atoms with Gasteiger partial charge in [0.1, 0.15) is 6.61 Å². The van der Waals surface area contributed by atoms with Gasteiger partial charge in [0.2, 0.25) is 5.91 Å². The molecule has 0 saturated carbocycles. The van der Waals surface area contributed by atoms with Gasteiger partial charge in [-0.2, -0.15) is 0 Å². The van der Waals surface area contributed by atoms with Crippen LogP contribution in [0.1, 0.15) is 35.6 Å². The molecule has 1 unspecified atom stereocenters. The van der Waals surface area contributed by atoms with E-state index in [-0.39, 0.29) is 12.6 Å². The Balaban J connectivity index is 1.97. The van der Waals surface area contributed by atoms with Gasteiger partial charge in [0, 0.05) is 0 Å². The zero-order valence-electron chi connectivity index (χ0n) is 10.5. The van der Waals surface area contributed by atoms with Gasteiger partial charge in [-0.15, -0.1) is 0 Å². The van der Waals surface area contributed by atoms with Gasteiger partial charge >= 0.3 is 0 Å². The Morgan fingerprint density at radius 2 is 2.00 bits per heavy atom. The van der Waals surface area contributed by atoms with Crippen molar-refractivity contribution in [2.75, 3.05) is 13.2 Å². The maximum atomic E-state index is 10.6. The number of fused-ring (bicyclic) bond motifs is 1. The molecular weight excluding hydrogens is 228 g/mol. The van der Waals surface area contributed by atoms with E-state index in [1.165, 1.54) is 30.4 Å². The zero-order valence-corrected chi connectivity index (χ0v) is 10.5. The maximum Gasteiger partial charge on any atom is 0.243 e. The Morgan fingerprint density at radius 3 is 2.72 bits per heavy atom. The molecular formula is C14H20N2O2. The van der Waals surface area contributed by atoms with Crippen molar-refractivity contribution >= 4 is 5.91 Å². The molecule has 1 atom stereocenters. The van der Waals surface area contributed by atoms with Crippen LogP contribution in [0, 0.1) is 0 Å². The molecule has 0 saturated heterocycles. The first-order valence-corrected chi connectivity index (χ1v) is 6.40. The summed E-state index contributed by atoms with van der Waals surface area (Å²) in [5.74, 6) is -0.465. The second-order valence-electron chi connectivity index (χ2n) is 4.82. The topological polar surface area (TPSA) is 78.3 Å². The summed E-state index contributed by atoms with van der Waals surface area (Å²) in [4.78, 5) is 10.6. The second kappa shape index (κ2) is 5.98. The highest BCUT2D eigenvalue weighted by atomic mass is 16.5. The number of benzene rings is 1. The Kier molecular flexibility index (Phi) is 4.33.